The number of aliphatic hydroxyl groups is 1. The number of amides is 1. The highest BCUT2D eigenvalue weighted by atomic mass is 16.3. The van der Waals surface area contributed by atoms with E-state index in [9.17, 15) is 9.90 Å². The van der Waals surface area contributed by atoms with Crippen LogP contribution in [0.3, 0.4) is 0 Å². The maximum Gasteiger partial charge on any atom is 0.223 e. The van der Waals surface area contributed by atoms with Crippen LogP contribution in [0.25, 0.3) is 0 Å². The van der Waals surface area contributed by atoms with E-state index in [4.69, 9.17) is 0 Å². The fourth-order valence-corrected chi connectivity index (χ4v) is 3.36. The molecule has 0 spiro atoms. The van der Waals surface area contributed by atoms with Crippen molar-refractivity contribution >= 4 is 11.6 Å². The van der Waals surface area contributed by atoms with Gasteiger partial charge in [-0.05, 0) is 55.5 Å². The number of fused-ring (bicyclic) bond motifs is 1. The molecule has 0 radical (unpaired) electrons. The van der Waals surface area contributed by atoms with E-state index in [2.05, 4.69) is 11.4 Å². The van der Waals surface area contributed by atoms with E-state index in [1.54, 1.807) is 6.92 Å². The van der Waals surface area contributed by atoms with Crippen molar-refractivity contribution in [3.8, 4) is 0 Å². The highest BCUT2D eigenvalue weighted by Gasteiger charge is 2.26. The lowest BCUT2D eigenvalue weighted by Crippen LogP contribution is -2.30. The molecular formula is C16H22N2O2. The second-order valence-corrected chi connectivity index (χ2v) is 5.84. The predicted molar refractivity (Wildman–Crippen MR) is 78.7 cm³/mol. The highest BCUT2D eigenvalue weighted by Crippen LogP contribution is 2.34. The third kappa shape index (κ3) is 2.45. The third-order valence-corrected chi connectivity index (χ3v) is 4.55. The van der Waals surface area contributed by atoms with Gasteiger partial charge in [0.15, 0.2) is 0 Å². The van der Waals surface area contributed by atoms with E-state index in [1.807, 2.05) is 17.0 Å². The minimum absolute atomic E-state index is 0.0930. The second kappa shape index (κ2) is 5.54. The molecule has 108 valence electrons. The van der Waals surface area contributed by atoms with Crippen molar-refractivity contribution in [2.75, 3.05) is 24.5 Å². The Hall–Kier alpha value is -1.39. The Morgan fingerprint density at radius 2 is 2.15 bits per heavy atom. The van der Waals surface area contributed by atoms with Gasteiger partial charge in [0.25, 0.3) is 0 Å². The summed E-state index contributed by atoms with van der Waals surface area (Å²) in [5.74, 6) is 0.440. The van der Waals surface area contributed by atoms with Gasteiger partial charge in [-0.3, -0.25) is 4.79 Å². The molecule has 0 aliphatic carbocycles. The number of nitrogens with one attached hydrogen (secondary N) is 1. The Kier molecular flexibility index (Phi) is 3.76. The van der Waals surface area contributed by atoms with Gasteiger partial charge in [0.05, 0.1) is 6.10 Å². The predicted octanol–water partition coefficient (Wildman–Crippen LogP) is 1.63. The van der Waals surface area contributed by atoms with Gasteiger partial charge in [0.1, 0.15) is 0 Å². The van der Waals surface area contributed by atoms with Crippen LogP contribution in [0, 0.1) is 5.92 Å². The Labute approximate surface area is 119 Å². The van der Waals surface area contributed by atoms with Crippen molar-refractivity contribution in [1.82, 2.24) is 5.32 Å². The molecule has 1 fully saturated rings. The molecule has 2 aliphatic rings. The van der Waals surface area contributed by atoms with Crippen LogP contribution in [-0.2, 0) is 11.2 Å². The number of hydrogen-bond donors (Lipinski definition) is 2. The standard InChI is InChI=1S/C16H22N2O2/c1-11(19)18-9-6-13-10-14(2-3-15(13)18)16(20)12-4-7-17-8-5-12/h2-3,10,12,16-17,20H,4-9H2,1H3. The summed E-state index contributed by atoms with van der Waals surface area (Å²) < 4.78 is 0. The SMILES string of the molecule is CC(=O)N1CCc2cc(C(O)C3CCNCC3)ccc21. The lowest BCUT2D eigenvalue weighted by Gasteiger charge is -2.27. The van der Waals surface area contributed by atoms with E-state index < -0.39 is 0 Å². The molecule has 1 atom stereocenters. The molecule has 4 heteroatoms. The minimum Gasteiger partial charge on any atom is -0.388 e. The summed E-state index contributed by atoms with van der Waals surface area (Å²) >= 11 is 0. The first kappa shape index (κ1) is 13.6. The van der Waals surface area contributed by atoms with Crippen LogP contribution in [0.15, 0.2) is 18.2 Å². The van der Waals surface area contributed by atoms with E-state index in [0.29, 0.717) is 5.92 Å². The highest BCUT2D eigenvalue weighted by molar-refractivity contribution is 5.93. The minimum atomic E-state index is -0.381. The average molecular weight is 274 g/mol. The summed E-state index contributed by atoms with van der Waals surface area (Å²) in [5.41, 5.74) is 3.20. The Bertz CT molecular complexity index is 509. The molecule has 2 aliphatic heterocycles. The first-order valence-corrected chi connectivity index (χ1v) is 7.46. The molecule has 0 saturated carbocycles. The van der Waals surface area contributed by atoms with Gasteiger partial charge in [-0.15, -0.1) is 0 Å². The van der Waals surface area contributed by atoms with Crippen LogP contribution in [0.2, 0.25) is 0 Å². The molecule has 3 rings (SSSR count). The van der Waals surface area contributed by atoms with E-state index in [-0.39, 0.29) is 12.0 Å². The summed E-state index contributed by atoms with van der Waals surface area (Å²) in [6.07, 6.45) is 2.56. The quantitative estimate of drug-likeness (QED) is 0.862. The zero-order valence-corrected chi connectivity index (χ0v) is 11.9. The molecule has 20 heavy (non-hydrogen) atoms. The first-order valence-electron chi connectivity index (χ1n) is 7.46. The van der Waals surface area contributed by atoms with Gasteiger partial charge in [-0.1, -0.05) is 12.1 Å². The summed E-state index contributed by atoms with van der Waals surface area (Å²) in [6.45, 7) is 4.35. The number of piperidine rings is 1. The van der Waals surface area contributed by atoms with Gasteiger partial charge in [-0.2, -0.15) is 0 Å². The molecule has 2 N–H and O–H groups in total. The molecule has 4 nitrogen and oxygen atoms in total. The number of hydrogen-bond acceptors (Lipinski definition) is 3. The van der Waals surface area contributed by atoms with Crippen molar-refractivity contribution in [2.24, 2.45) is 5.92 Å². The molecule has 1 aromatic rings. The van der Waals surface area contributed by atoms with E-state index >= 15 is 0 Å². The molecule has 1 unspecified atom stereocenters. The zero-order chi connectivity index (χ0) is 14.1. The van der Waals surface area contributed by atoms with Crippen LogP contribution in [0.1, 0.15) is 37.0 Å². The summed E-state index contributed by atoms with van der Waals surface area (Å²) in [4.78, 5) is 13.4. The maximum absolute atomic E-state index is 11.5. The summed E-state index contributed by atoms with van der Waals surface area (Å²) in [6, 6.07) is 6.06. The van der Waals surface area contributed by atoms with Crippen molar-refractivity contribution < 1.29 is 9.90 Å². The van der Waals surface area contributed by atoms with Crippen molar-refractivity contribution in [2.45, 2.75) is 32.3 Å². The molecule has 1 amide bonds. The van der Waals surface area contributed by atoms with Crippen molar-refractivity contribution in [3.05, 3.63) is 29.3 Å². The van der Waals surface area contributed by atoms with Crippen molar-refractivity contribution in [3.63, 3.8) is 0 Å². The zero-order valence-electron chi connectivity index (χ0n) is 11.9. The molecular weight excluding hydrogens is 252 g/mol. The van der Waals surface area contributed by atoms with Crippen LogP contribution >= 0.6 is 0 Å². The molecule has 1 aromatic carbocycles. The topological polar surface area (TPSA) is 52.6 Å². The van der Waals surface area contributed by atoms with Gasteiger partial charge < -0.3 is 15.3 Å². The molecule has 0 bridgehead atoms. The Morgan fingerprint density at radius 3 is 2.85 bits per heavy atom. The fourth-order valence-electron chi connectivity index (χ4n) is 3.36. The molecule has 0 aromatic heterocycles. The van der Waals surface area contributed by atoms with Crippen LogP contribution in [0.5, 0.6) is 0 Å². The lowest BCUT2D eigenvalue weighted by atomic mass is 9.87. The number of carbonyl (C=O) groups excluding carboxylic acids is 1. The average Bonchev–Trinajstić information content (AvgIpc) is 2.90. The summed E-state index contributed by atoms with van der Waals surface area (Å²) in [5, 5.41) is 13.9. The van der Waals surface area contributed by atoms with Crippen LogP contribution < -0.4 is 10.2 Å². The lowest BCUT2D eigenvalue weighted by molar-refractivity contribution is -0.116. The van der Waals surface area contributed by atoms with Crippen molar-refractivity contribution in [1.29, 1.82) is 0 Å². The van der Waals surface area contributed by atoms with Gasteiger partial charge in [-0.25, -0.2) is 0 Å². The van der Waals surface area contributed by atoms with Crippen LogP contribution in [-0.4, -0.2) is 30.6 Å². The number of anilines is 1. The van der Waals surface area contributed by atoms with E-state index in [0.717, 1.165) is 50.1 Å². The van der Waals surface area contributed by atoms with Gasteiger partial charge in [0.2, 0.25) is 5.91 Å². The fraction of sp³-hybridized carbons (Fsp3) is 0.562. The molecule has 2 heterocycles. The van der Waals surface area contributed by atoms with Crippen LogP contribution in [0.4, 0.5) is 5.69 Å². The van der Waals surface area contributed by atoms with E-state index in [1.165, 1.54) is 5.56 Å². The Morgan fingerprint density at radius 1 is 1.40 bits per heavy atom. The third-order valence-electron chi connectivity index (χ3n) is 4.55. The number of rotatable bonds is 2. The number of nitrogens with zero attached hydrogens (tertiary/aromatic N) is 1. The first-order chi connectivity index (χ1) is 9.66. The normalized spacial score (nSPS) is 20.8. The van der Waals surface area contributed by atoms with Gasteiger partial charge in [0, 0.05) is 19.2 Å². The second-order valence-electron chi connectivity index (χ2n) is 5.84. The molecule has 1 saturated heterocycles. The maximum atomic E-state index is 11.5. The monoisotopic (exact) mass is 274 g/mol. The number of aliphatic hydroxyl groups excluding tert-OH is 1. The Balaban J connectivity index is 1.80. The smallest absolute Gasteiger partial charge is 0.223 e. The largest absolute Gasteiger partial charge is 0.388 e. The number of carbonyl (C=O) groups is 1. The summed E-state index contributed by atoms with van der Waals surface area (Å²) in [7, 11) is 0. The van der Waals surface area contributed by atoms with Gasteiger partial charge >= 0.3 is 0 Å². The number of benzene rings is 1.